The number of aryl methyl sites for hydroxylation is 1. The molecule has 7 heteroatoms. The van der Waals surface area contributed by atoms with Crippen LogP contribution in [0.3, 0.4) is 0 Å². The summed E-state index contributed by atoms with van der Waals surface area (Å²) in [7, 11) is 2.79. The standard InChI is InChI=1S/C9H9Cl2FO3S/c1-15-9-4-6(2-3-16(11,13)14)8(12)5-7(9)10/h4-5H,2-3H2,1H3. The van der Waals surface area contributed by atoms with Crippen molar-refractivity contribution in [3.05, 3.63) is 28.5 Å². The van der Waals surface area contributed by atoms with Crippen LogP contribution in [0.2, 0.25) is 5.02 Å². The van der Waals surface area contributed by atoms with E-state index < -0.39 is 14.9 Å². The molecular formula is C9H9Cl2FO3S. The second-order valence-electron chi connectivity index (χ2n) is 3.07. The van der Waals surface area contributed by atoms with Gasteiger partial charge in [0.05, 0.1) is 17.9 Å². The highest BCUT2D eigenvalue weighted by Crippen LogP contribution is 2.27. The summed E-state index contributed by atoms with van der Waals surface area (Å²) in [6.45, 7) is 0. The van der Waals surface area contributed by atoms with E-state index in [1.807, 2.05) is 0 Å². The largest absolute Gasteiger partial charge is 0.495 e. The lowest BCUT2D eigenvalue weighted by molar-refractivity contribution is 0.413. The molecule has 0 amide bonds. The minimum atomic E-state index is -3.64. The summed E-state index contributed by atoms with van der Waals surface area (Å²) in [5.41, 5.74) is 0.200. The van der Waals surface area contributed by atoms with Crippen LogP contribution in [0.25, 0.3) is 0 Å². The van der Waals surface area contributed by atoms with Crippen molar-refractivity contribution < 1.29 is 17.5 Å². The summed E-state index contributed by atoms with van der Waals surface area (Å²) in [5, 5.41) is 0.137. The van der Waals surface area contributed by atoms with Crippen LogP contribution < -0.4 is 4.74 Å². The van der Waals surface area contributed by atoms with Gasteiger partial charge in [-0.25, -0.2) is 12.8 Å². The van der Waals surface area contributed by atoms with Crippen molar-refractivity contribution in [2.24, 2.45) is 0 Å². The van der Waals surface area contributed by atoms with Crippen LogP contribution in [-0.2, 0) is 15.5 Å². The van der Waals surface area contributed by atoms with Gasteiger partial charge < -0.3 is 4.74 Å². The van der Waals surface area contributed by atoms with E-state index in [-0.39, 0.29) is 22.8 Å². The maximum absolute atomic E-state index is 13.4. The molecule has 0 radical (unpaired) electrons. The second kappa shape index (κ2) is 5.21. The van der Waals surface area contributed by atoms with Gasteiger partial charge in [0.25, 0.3) is 0 Å². The van der Waals surface area contributed by atoms with Crippen molar-refractivity contribution in [1.82, 2.24) is 0 Å². The van der Waals surface area contributed by atoms with Gasteiger partial charge in [-0.1, -0.05) is 11.6 Å². The first-order valence-electron chi connectivity index (χ1n) is 4.27. The van der Waals surface area contributed by atoms with E-state index in [0.717, 1.165) is 6.07 Å². The summed E-state index contributed by atoms with van der Waals surface area (Å²) in [6.07, 6.45) is -0.0226. The number of ether oxygens (including phenoxy) is 1. The highest BCUT2D eigenvalue weighted by molar-refractivity contribution is 8.13. The monoisotopic (exact) mass is 286 g/mol. The molecular weight excluding hydrogens is 278 g/mol. The highest BCUT2D eigenvalue weighted by atomic mass is 35.7. The zero-order valence-corrected chi connectivity index (χ0v) is 10.7. The fraction of sp³-hybridized carbons (Fsp3) is 0.333. The maximum Gasteiger partial charge on any atom is 0.232 e. The number of methoxy groups -OCH3 is 1. The Morgan fingerprint density at radius 2 is 2.06 bits per heavy atom. The normalized spacial score (nSPS) is 11.5. The van der Waals surface area contributed by atoms with Gasteiger partial charge in [-0.15, -0.1) is 0 Å². The summed E-state index contributed by atoms with van der Waals surface area (Å²) in [5.74, 6) is -0.618. The molecule has 0 aromatic heterocycles. The van der Waals surface area contributed by atoms with Crippen molar-refractivity contribution in [3.63, 3.8) is 0 Å². The molecule has 0 N–H and O–H groups in total. The molecule has 1 aromatic rings. The number of halogens is 3. The van der Waals surface area contributed by atoms with Gasteiger partial charge in [-0.05, 0) is 24.1 Å². The summed E-state index contributed by atoms with van der Waals surface area (Å²) >= 11 is 5.68. The number of benzene rings is 1. The molecule has 0 aliphatic rings. The van der Waals surface area contributed by atoms with E-state index in [0.29, 0.717) is 5.75 Å². The Kier molecular flexibility index (Phi) is 4.41. The number of rotatable bonds is 4. The Hall–Kier alpha value is -0.520. The molecule has 0 saturated carbocycles. The molecule has 0 aliphatic carbocycles. The van der Waals surface area contributed by atoms with Gasteiger partial charge in [-0.2, -0.15) is 0 Å². The molecule has 0 bridgehead atoms. The van der Waals surface area contributed by atoms with Crippen LogP contribution in [0.4, 0.5) is 4.39 Å². The van der Waals surface area contributed by atoms with E-state index >= 15 is 0 Å². The molecule has 0 unspecified atom stereocenters. The topological polar surface area (TPSA) is 43.4 Å². The number of hydrogen-bond acceptors (Lipinski definition) is 3. The van der Waals surface area contributed by atoms with Gasteiger partial charge >= 0.3 is 0 Å². The van der Waals surface area contributed by atoms with E-state index in [9.17, 15) is 12.8 Å². The fourth-order valence-electron chi connectivity index (χ4n) is 1.15. The third-order valence-corrected chi connectivity index (χ3v) is 3.39. The number of hydrogen-bond donors (Lipinski definition) is 0. The smallest absolute Gasteiger partial charge is 0.232 e. The minimum Gasteiger partial charge on any atom is -0.495 e. The van der Waals surface area contributed by atoms with Crippen LogP contribution in [0, 0.1) is 5.82 Å². The molecule has 0 heterocycles. The average Bonchev–Trinajstić information content (AvgIpc) is 2.15. The Labute approximate surface area is 103 Å². The molecule has 0 atom stereocenters. The van der Waals surface area contributed by atoms with Crippen LogP contribution in [-0.4, -0.2) is 21.3 Å². The van der Waals surface area contributed by atoms with Crippen LogP contribution in [0.1, 0.15) is 5.56 Å². The van der Waals surface area contributed by atoms with Gasteiger partial charge in [0.15, 0.2) is 0 Å². The Morgan fingerprint density at radius 3 is 2.56 bits per heavy atom. The van der Waals surface area contributed by atoms with Gasteiger partial charge in [0.1, 0.15) is 11.6 Å². The molecule has 90 valence electrons. The Bertz CT molecular complexity index is 488. The lowest BCUT2D eigenvalue weighted by atomic mass is 10.1. The van der Waals surface area contributed by atoms with E-state index in [4.69, 9.17) is 27.0 Å². The lowest BCUT2D eigenvalue weighted by Gasteiger charge is -2.07. The maximum atomic E-state index is 13.4. The predicted octanol–water partition coefficient (Wildman–Crippen LogP) is 2.60. The van der Waals surface area contributed by atoms with Crippen molar-refractivity contribution >= 4 is 31.3 Å². The van der Waals surface area contributed by atoms with Gasteiger partial charge in [0, 0.05) is 10.7 Å². The first-order valence-corrected chi connectivity index (χ1v) is 7.13. The SMILES string of the molecule is COc1cc(CCS(=O)(=O)Cl)c(F)cc1Cl. The minimum absolute atomic E-state index is 0.0226. The van der Waals surface area contributed by atoms with Gasteiger partial charge in [0.2, 0.25) is 9.05 Å². The average molecular weight is 287 g/mol. The van der Waals surface area contributed by atoms with Crippen molar-refractivity contribution in [2.45, 2.75) is 6.42 Å². The Morgan fingerprint density at radius 1 is 1.44 bits per heavy atom. The summed E-state index contributed by atoms with van der Waals surface area (Å²) in [6, 6.07) is 2.44. The van der Waals surface area contributed by atoms with E-state index in [1.165, 1.54) is 13.2 Å². The van der Waals surface area contributed by atoms with Crippen molar-refractivity contribution in [1.29, 1.82) is 0 Å². The zero-order valence-electron chi connectivity index (χ0n) is 8.34. The second-order valence-corrected chi connectivity index (χ2v) is 6.37. The van der Waals surface area contributed by atoms with Gasteiger partial charge in [-0.3, -0.25) is 0 Å². The highest BCUT2D eigenvalue weighted by Gasteiger charge is 2.12. The van der Waals surface area contributed by atoms with Crippen LogP contribution >= 0.6 is 22.3 Å². The molecule has 0 aliphatic heterocycles. The third-order valence-electron chi connectivity index (χ3n) is 1.94. The Balaban J connectivity index is 2.96. The lowest BCUT2D eigenvalue weighted by Crippen LogP contribution is -2.03. The van der Waals surface area contributed by atoms with E-state index in [2.05, 4.69) is 0 Å². The molecule has 16 heavy (non-hydrogen) atoms. The van der Waals surface area contributed by atoms with Crippen LogP contribution in [0.15, 0.2) is 12.1 Å². The zero-order chi connectivity index (χ0) is 12.3. The fourth-order valence-corrected chi connectivity index (χ4v) is 2.07. The first-order chi connectivity index (χ1) is 7.33. The van der Waals surface area contributed by atoms with E-state index in [1.54, 1.807) is 0 Å². The molecule has 0 saturated heterocycles. The molecule has 0 fully saturated rings. The van der Waals surface area contributed by atoms with Crippen molar-refractivity contribution in [2.75, 3.05) is 12.9 Å². The summed E-state index contributed by atoms with van der Waals surface area (Å²) in [4.78, 5) is 0. The predicted molar refractivity (Wildman–Crippen MR) is 61.3 cm³/mol. The molecule has 3 nitrogen and oxygen atoms in total. The first kappa shape index (κ1) is 13.5. The molecule has 0 spiro atoms. The van der Waals surface area contributed by atoms with Crippen molar-refractivity contribution in [3.8, 4) is 5.75 Å². The van der Waals surface area contributed by atoms with Crippen LogP contribution in [0.5, 0.6) is 5.75 Å². The molecule has 1 aromatic carbocycles. The third kappa shape index (κ3) is 3.81. The summed E-state index contributed by atoms with van der Waals surface area (Å²) < 4.78 is 39.7. The molecule has 1 rings (SSSR count). The quantitative estimate of drug-likeness (QED) is 0.799.